The van der Waals surface area contributed by atoms with Crippen molar-refractivity contribution in [3.63, 3.8) is 0 Å². The van der Waals surface area contributed by atoms with Crippen molar-refractivity contribution in [2.45, 2.75) is 83.4 Å². The van der Waals surface area contributed by atoms with Crippen molar-refractivity contribution in [3.8, 4) is 5.75 Å². The smallest absolute Gasteiger partial charge is 0.406 e. The summed E-state index contributed by atoms with van der Waals surface area (Å²) < 4.78 is 47.3. The van der Waals surface area contributed by atoms with Crippen LogP contribution < -0.4 is 4.74 Å². The number of ether oxygens (including phenoxy) is 2. The van der Waals surface area contributed by atoms with Crippen molar-refractivity contribution in [2.75, 3.05) is 13.2 Å². The Hall–Kier alpha value is -1.23. The topological polar surface area (TPSA) is 18.5 Å². The van der Waals surface area contributed by atoms with Gasteiger partial charge in [-0.1, -0.05) is 25.5 Å². The molecule has 3 fully saturated rings. The molecule has 0 saturated heterocycles. The molecule has 0 heterocycles. The maximum Gasteiger partial charge on any atom is 0.573 e. The molecule has 0 aromatic heterocycles. The SMILES string of the molecule is CCOCC1(C(CC2(C)CCC2)CC2(c3ccc(OC(F)(F)F)cc3)CC2)CC1. The molecular formula is C24H33F3O2. The summed E-state index contributed by atoms with van der Waals surface area (Å²) >= 11 is 0. The quantitative estimate of drug-likeness (QED) is 0.413. The predicted molar refractivity (Wildman–Crippen MR) is 107 cm³/mol. The third kappa shape index (κ3) is 4.76. The van der Waals surface area contributed by atoms with Crippen LogP contribution in [0, 0.1) is 16.7 Å². The van der Waals surface area contributed by atoms with Crippen LogP contribution in [0.5, 0.6) is 5.75 Å². The average Bonchev–Trinajstić information content (AvgIpc) is 3.54. The van der Waals surface area contributed by atoms with Crippen molar-refractivity contribution in [3.05, 3.63) is 29.8 Å². The zero-order valence-electron chi connectivity index (χ0n) is 17.6. The van der Waals surface area contributed by atoms with Crippen molar-refractivity contribution >= 4 is 0 Å². The van der Waals surface area contributed by atoms with Gasteiger partial charge >= 0.3 is 6.36 Å². The van der Waals surface area contributed by atoms with Gasteiger partial charge in [-0.3, -0.25) is 0 Å². The van der Waals surface area contributed by atoms with Crippen LogP contribution in [-0.2, 0) is 10.2 Å². The molecule has 3 aliphatic rings. The van der Waals surface area contributed by atoms with E-state index in [1.807, 2.05) is 12.1 Å². The van der Waals surface area contributed by atoms with E-state index in [0.29, 0.717) is 16.7 Å². The molecular weight excluding hydrogens is 377 g/mol. The van der Waals surface area contributed by atoms with Gasteiger partial charge in [0.05, 0.1) is 6.61 Å². The summed E-state index contributed by atoms with van der Waals surface area (Å²) in [6.45, 7) is 6.12. The molecule has 3 saturated carbocycles. The van der Waals surface area contributed by atoms with Crippen LogP contribution >= 0.6 is 0 Å². The van der Waals surface area contributed by atoms with Gasteiger partial charge in [0.1, 0.15) is 5.75 Å². The van der Waals surface area contributed by atoms with E-state index in [0.717, 1.165) is 32.5 Å². The molecule has 29 heavy (non-hydrogen) atoms. The van der Waals surface area contributed by atoms with Crippen LogP contribution in [-0.4, -0.2) is 19.6 Å². The Balaban J connectivity index is 1.49. The van der Waals surface area contributed by atoms with Gasteiger partial charge in [-0.25, -0.2) is 0 Å². The third-order valence-electron chi connectivity index (χ3n) is 7.84. The molecule has 5 heteroatoms. The van der Waals surface area contributed by atoms with Gasteiger partial charge in [0.25, 0.3) is 0 Å². The molecule has 0 radical (unpaired) electrons. The zero-order chi connectivity index (χ0) is 20.8. The Labute approximate surface area is 172 Å². The zero-order valence-corrected chi connectivity index (χ0v) is 17.6. The molecule has 0 N–H and O–H groups in total. The van der Waals surface area contributed by atoms with E-state index < -0.39 is 6.36 Å². The number of hydrogen-bond donors (Lipinski definition) is 0. The summed E-state index contributed by atoms with van der Waals surface area (Å²) in [6.07, 6.45) is 6.51. The number of rotatable bonds is 10. The minimum atomic E-state index is -4.64. The predicted octanol–water partition coefficient (Wildman–Crippen LogP) is 7.02. The summed E-state index contributed by atoms with van der Waals surface area (Å²) in [5.41, 5.74) is 2.09. The number of alkyl halides is 3. The maximum atomic E-state index is 12.5. The van der Waals surface area contributed by atoms with Crippen LogP contribution in [0.2, 0.25) is 0 Å². The molecule has 1 atom stereocenters. The highest BCUT2D eigenvalue weighted by molar-refractivity contribution is 5.36. The van der Waals surface area contributed by atoms with Gasteiger partial charge in [0, 0.05) is 6.61 Å². The molecule has 0 amide bonds. The van der Waals surface area contributed by atoms with E-state index >= 15 is 0 Å². The summed E-state index contributed by atoms with van der Waals surface area (Å²) in [6, 6.07) is 6.63. The van der Waals surface area contributed by atoms with Crippen molar-refractivity contribution < 1.29 is 22.6 Å². The number of halogens is 3. The minimum Gasteiger partial charge on any atom is -0.406 e. The fourth-order valence-corrected chi connectivity index (χ4v) is 5.46. The molecule has 162 valence electrons. The van der Waals surface area contributed by atoms with Gasteiger partial charge in [0.2, 0.25) is 0 Å². The Morgan fingerprint density at radius 1 is 0.966 bits per heavy atom. The van der Waals surface area contributed by atoms with Crippen molar-refractivity contribution in [1.29, 1.82) is 0 Å². The number of benzene rings is 1. The standard InChI is InChI=1S/C24H33F3O2/c1-3-28-17-23(13-14-23)19(15-21(2)9-4-10-21)16-22(11-12-22)18-5-7-20(8-6-18)29-24(25,26)27/h5-8,19H,3-4,9-17H2,1-2H3. The lowest BCUT2D eigenvalue weighted by Crippen LogP contribution is -2.35. The summed E-state index contributed by atoms with van der Waals surface area (Å²) in [5.74, 6) is 0.499. The Kier molecular flexibility index (Phi) is 5.42. The maximum absolute atomic E-state index is 12.5. The lowest BCUT2D eigenvalue weighted by atomic mass is 9.62. The molecule has 0 bridgehead atoms. The molecule has 1 aromatic carbocycles. The first-order valence-electron chi connectivity index (χ1n) is 11.1. The first-order valence-corrected chi connectivity index (χ1v) is 11.1. The van der Waals surface area contributed by atoms with Gasteiger partial charge in [0.15, 0.2) is 0 Å². The molecule has 4 rings (SSSR count). The molecule has 2 nitrogen and oxygen atoms in total. The molecule has 0 spiro atoms. The Bertz CT molecular complexity index is 698. The van der Waals surface area contributed by atoms with Crippen LogP contribution in [0.4, 0.5) is 13.2 Å². The highest BCUT2D eigenvalue weighted by atomic mass is 19.4. The first-order chi connectivity index (χ1) is 13.7. The van der Waals surface area contributed by atoms with Gasteiger partial charge in [-0.2, -0.15) is 0 Å². The third-order valence-corrected chi connectivity index (χ3v) is 7.84. The Morgan fingerprint density at radius 2 is 1.62 bits per heavy atom. The van der Waals surface area contributed by atoms with E-state index in [1.54, 1.807) is 0 Å². The van der Waals surface area contributed by atoms with Gasteiger partial charge in [-0.15, -0.1) is 13.2 Å². The first kappa shape index (κ1) is 21.0. The van der Waals surface area contributed by atoms with Crippen LogP contribution in [0.1, 0.15) is 77.2 Å². The Morgan fingerprint density at radius 3 is 2.07 bits per heavy atom. The second kappa shape index (κ2) is 7.47. The van der Waals surface area contributed by atoms with Crippen LogP contribution in [0.15, 0.2) is 24.3 Å². The van der Waals surface area contributed by atoms with E-state index in [1.165, 1.54) is 56.2 Å². The van der Waals surface area contributed by atoms with Crippen LogP contribution in [0.25, 0.3) is 0 Å². The molecule has 1 aromatic rings. The minimum absolute atomic E-state index is 0.128. The van der Waals surface area contributed by atoms with E-state index in [9.17, 15) is 13.2 Å². The fraction of sp³-hybridized carbons (Fsp3) is 0.750. The monoisotopic (exact) mass is 410 g/mol. The normalized spacial score (nSPS) is 24.4. The highest BCUT2D eigenvalue weighted by Crippen LogP contribution is 2.64. The van der Waals surface area contributed by atoms with E-state index in [4.69, 9.17) is 4.74 Å². The van der Waals surface area contributed by atoms with Crippen LogP contribution in [0.3, 0.4) is 0 Å². The van der Waals surface area contributed by atoms with Gasteiger partial charge in [-0.05, 0) is 98.1 Å². The second-order valence-electron chi connectivity index (χ2n) is 10.1. The van der Waals surface area contributed by atoms with Crippen molar-refractivity contribution in [1.82, 2.24) is 0 Å². The lowest BCUT2D eigenvalue weighted by molar-refractivity contribution is -0.274. The van der Waals surface area contributed by atoms with Gasteiger partial charge < -0.3 is 9.47 Å². The van der Waals surface area contributed by atoms with E-state index in [-0.39, 0.29) is 11.2 Å². The summed E-state index contributed by atoms with van der Waals surface area (Å²) in [7, 11) is 0. The molecule has 3 aliphatic carbocycles. The lowest BCUT2D eigenvalue weighted by Gasteiger charge is -2.44. The number of hydrogen-bond acceptors (Lipinski definition) is 2. The van der Waals surface area contributed by atoms with E-state index in [2.05, 4.69) is 18.6 Å². The largest absolute Gasteiger partial charge is 0.573 e. The molecule has 1 unspecified atom stereocenters. The average molecular weight is 411 g/mol. The van der Waals surface area contributed by atoms with Crippen molar-refractivity contribution in [2.24, 2.45) is 16.7 Å². The second-order valence-corrected chi connectivity index (χ2v) is 10.1. The molecule has 0 aliphatic heterocycles. The summed E-state index contributed by atoms with van der Waals surface area (Å²) in [5, 5.41) is 0. The highest BCUT2D eigenvalue weighted by Gasteiger charge is 2.56. The fourth-order valence-electron chi connectivity index (χ4n) is 5.46. The summed E-state index contributed by atoms with van der Waals surface area (Å²) in [4.78, 5) is 0.